The van der Waals surface area contributed by atoms with Crippen molar-refractivity contribution in [2.75, 3.05) is 24.8 Å². The van der Waals surface area contributed by atoms with Crippen LogP contribution >= 0.6 is 34.7 Å². The number of aromatic nitrogens is 3. The van der Waals surface area contributed by atoms with Gasteiger partial charge in [-0.25, -0.2) is 13.8 Å². The number of hydrogen-bond donors (Lipinski definition) is 2. The molecule has 2 heterocycles. The van der Waals surface area contributed by atoms with Crippen LogP contribution in [0.4, 0.5) is 13.9 Å². The third-order valence-corrected chi connectivity index (χ3v) is 7.57. The number of benzene rings is 2. The van der Waals surface area contributed by atoms with E-state index in [1.807, 2.05) is 6.07 Å². The molecule has 0 unspecified atom stereocenters. The first-order valence-electron chi connectivity index (χ1n) is 9.79. The fourth-order valence-electron chi connectivity index (χ4n) is 3.50. The number of anilines is 1. The summed E-state index contributed by atoms with van der Waals surface area (Å²) in [5, 5.41) is 10.8. The number of fused-ring (bicyclic) bond motifs is 2. The molecule has 2 atom stereocenters. The number of carbonyl (C=O) groups excluding carboxylic acids is 1. The van der Waals surface area contributed by atoms with Crippen molar-refractivity contribution in [1.82, 2.24) is 15.2 Å². The van der Waals surface area contributed by atoms with Crippen molar-refractivity contribution in [2.45, 2.75) is 17.5 Å². The van der Waals surface area contributed by atoms with E-state index in [-0.39, 0.29) is 17.4 Å². The van der Waals surface area contributed by atoms with Gasteiger partial charge in [0.05, 0.1) is 44.4 Å². The number of halogens is 3. The minimum atomic E-state index is -1.07. The number of thiazole rings is 1. The predicted octanol–water partition coefficient (Wildman–Crippen LogP) is 5.67. The Hall–Kier alpha value is -2.27. The molecule has 0 aliphatic heterocycles. The molecule has 0 saturated heterocycles. The number of H-pyrrole nitrogens is 1. The van der Waals surface area contributed by atoms with E-state index in [1.165, 1.54) is 23.1 Å². The van der Waals surface area contributed by atoms with Gasteiger partial charge in [-0.1, -0.05) is 29.0 Å². The van der Waals surface area contributed by atoms with Crippen LogP contribution in [0.1, 0.15) is 6.42 Å². The van der Waals surface area contributed by atoms with Gasteiger partial charge >= 0.3 is 0 Å². The van der Waals surface area contributed by atoms with Gasteiger partial charge in [-0.2, -0.15) is 5.10 Å². The molecular weight excluding hydrogens is 478 g/mol. The second kappa shape index (κ2) is 8.58. The monoisotopic (exact) mass is 494 g/mol. The summed E-state index contributed by atoms with van der Waals surface area (Å²) in [6.45, 7) is 0.479. The molecule has 1 amide bonds. The third-order valence-electron chi connectivity index (χ3n) is 5.24. The Morgan fingerprint density at radius 3 is 3.03 bits per heavy atom. The van der Waals surface area contributed by atoms with Crippen LogP contribution < -0.4 is 5.32 Å². The average molecular weight is 495 g/mol. The molecule has 4 aromatic rings. The number of hydrogen-bond acceptors (Lipinski definition) is 6. The summed E-state index contributed by atoms with van der Waals surface area (Å²) in [6, 6.07) is 5.44. The molecule has 6 nitrogen and oxygen atoms in total. The summed E-state index contributed by atoms with van der Waals surface area (Å²) >= 11 is 9.08. The fraction of sp³-hybridized carbons (Fsp3) is 0.286. The number of amides is 1. The van der Waals surface area contributed by atoms with E-state index in [0.29, 0.717) is 49.9 Å². The third kappa shape index (κ3) is 3.85. The topological polar surface area (TPSA) is 79.9 Å². The Kier molecular flexibility index (Phi) is 5.79. The minimum absolute atomic E-state index is 0.0129. The average Bonchev–Trinajstić information content (AvgIpc) is 3.14. The van der Waals surface area contributed by atoms with Gasteiger partial charge < -0.3 is 10.1 Å². The van der Waals surface area contributed by atoms with Gasteiger partial charge in [-0.05, 0) is 24.1 Å². The Labute approximate surface area is 194 Å². The van der Waals surface area contributed by atoms with Crippen LogP contribution in [0, 0.1) is 11.7 Å². The fourth-order valence-corrected chi connectivity index (χ4v) is 5.75. The van der Waals surface area contributed by atoms with Gasteiger partial charge in [0.1, 0.15) is 6.17 Å². The van der Waals surface area contributed by atoms with Crippen molar-refractivity contribution in [3.05, 3.63) is 35.2 Å². The molecule has 2 aromatic carbocycles. The second-order valence-electron chi connectivity index (χ2n) is 7.38. The zero-order valence-electron chi connectivity index (χ0n) is 16.7. The van der Waals surface area contributed by atoms with E-state index in [4.69, 9.17) is 16.3 Å². The van der Waals surface area contributed by atoms with Gasteiger partial charge in [0, 0.05) is 23.8 Å². The first-order valence-corrected chi connectivity index (χ1v) is 12.0. The summed E-state index contributed by atoms with van der Waals surface area (Å²) < 4.78 is 34.2. The molecule has 32 heavy (non-hydrogen) atoms. The summed E-state index contributed by atoms with van der Waals surface area (Å²) in [5.74, 6) is -0.887. The minimum Gasteiger partial charge on any atom is -0.384 e. The lowest BCUT2D eigenvalue weighted by molar-refractivity contribution is -0.117. The quantitative estimate of drug-likeness (QED) is 0.256. The lowest BCUT2D eigenvalue weighted by atomic mass is 10.0. The lowest BCUT2D eigenvalue weighted by Crippen LogP contribution is -2.14. The first kappa shape index (κ1) is 21.6. The number of rotatable bonds is 7. The number of ether oxygens (including phenoxy) is 1. The largest absolute Gasteiger partial charge is 0.384 e. The highest BCUT2D eigenvalue weighted by atomic mass is 35.5. The standard InChI is InChI=1S/C21H17ClF2N4O2S2/c1-30-4-5-31-19-17(24)16(22)15(11-8-25-28-18(11)19)9-2-3-13-14(6-9)32-21(26-13)27-20(29)10-7-12(10)23/h2-3,6,8,10,12H,4-5,7H2,1H3,(H,25,28)(H,26,27,29)/t10-,12+/m1/s1. The van der Waals surface area contributed by atoms with Crippen LogP contribution in [0.3, 0.4) is 0 Å². The molecule has 1 aliphatic rings. The van der Waals surface area contributed by atoms with Gasteiger partial charge in [0.2, 0.25) is 5.91 Å². The molecule has 5 rings (SSSR count). The summed E-state index contributed by atoms with van der Waals surface area (Å²) in [7, 11) is 1.59. The number of carbonyl (C=O) groups is 1. The number of methoxy groups -OCH3 is 1. The number of nitrogens with one attached hydrogen (secondary N) is 2. The Balaban J connectivity index is 1.52. The Morgan fingerprint density at radius 2 is 2.28 bits per heavy atom. The van der Waals surface area contributed by atoms with E-state index >= 15 is 4.39 Å². The van der Waals surface area contributed by atoms with Gasteiger partial charge in [-0.15, -0.1) is 11.8 Å². The maximum Gasteiger partial charge on any atom is 0.232 e. The normalized spacial score (nSPS) is 17.9. The molecular formula is C21H17ClF2N4O2S2. The molecule has 1 saturated carbocycles. The van der Waals surface area contributed by atoms with Crippen molar-refractivity contribution < 1.29 is 18.3 Å². The molecule has 2 N–H and O–H groups in total. The van der Waals surface area contributed by atoms with Crippen molar-refractivity contribution in [1.29, 1.82) is 0 Å². The van der Waals surface area contributed by atoms with Crippen molar-refractivity contribution in [3.8, 4) is 11.1 Å². The maximum atomic E-state index is 15.2. The zero-order valence-corrected chi connectivity index (χ0v) is 19.1. The highest BCUT2D eigenvalue weighted by Crippen LogP contribution is 2.43. The van der Waals surface area contributed by atoms with Gasteiger partial charge in [-0.3, -0.25) is 9.89 Å². The molecule has 11 heteroatoms. The van der Waals surface area contributed by atoms with E-state index in [1.54, 1.807) is 25.4 Å². The van der Waals surface area contributed by atoms with Crippen molar-refractivity contribution in [2.24, 2.45) is 5.92 Å². The number of aromatic amines is 1. The van der Waals surface area contributed by atoms with Crippen LogP contribution in [-0.4, -0.2) is 46.7 Å². The molecule has 166 valence electrons. The predicted molar refractivity (Wildman–Crippen MR) is 124 cm³/mol. The van der Waals surface area contributed by atoms with E-state index < -0.39 is 17.9 Å². The lowest BCUT2D eigenvalue weighted by Gasteiger charge is -2.12. The molecule has 2 aromatic heterocycles. The summed E-state index contributed by atoms with van der Waals surface area (Å²) in [6.07, 6.45) is 0.814. The highest BCUT2D eigenvalue weighted by Gasteiger charge is 2.43. The van der Waals surface area contributed by atoms with Crippen LogP contribution in [0.25, 0.3) is 32.2 Å². The van der Waals surface area contributed by atoms with Crippen molar-refractivity contribution in [3.63, 3.8) is 0 Å². The molecule has 0 spiro atoms. The smallest absolute Gasteiger partial charge is 0.232 e. The summed E-state index contributed by atoms with van der Waals surface area (Å²) in [5.41, 5.74) is 2.48. The second-order valence-corrected chi connectivity index (χ2v) is 9.89. The van der Waals surface area contributed by atoms with Crippen LogP contribution in [0.2, 0.25) is 5.02 Å². The van der Waals surface area contributed by atoms with Crippen LogP contribution in [0.15, 0.2) is 29.3 Å². The first-order chi connectivity index (χ1) is 15.5. The maximum absolute atomic E-state index is 15.2. The van der Waals surface area contributed by atoms with E-state index in [2.05, 4.69) is 20.5 Å². The SMILES string of the molecule is COCCSc1c(F)c(Cl)c(-c2ccc3nc(NC(=O)[C@@H]4C[C@@H]4F)sc3c2)c2cn[nH]c12. The Bertz CT molecular complexity index is 1340. The molecule has 0 radical (unpaired) electrons. The van der Waals surface area contributed by atoms with Gasteiger partial charge in [0.15, 0.2) is 10.9 Å². The number of thioether (sulfide) groups is 1. The van der Waals surface area contributed by atoms with Crippen LogP contribution in [0.5, 0.6) is 0 Å². The Morgan fingerprint density at radius 1 is 1.47 bits per heavy atom. The summed E-state index contributed by atoms with van der Waals surface area (Å²) in [4.78, 5) is 16.8. The van der Waals surface area contributed by atoms with E-state index in [0.717, 1.165) is 4.70 Å². The van der Waals surface area contributed by atoms with Crippen molar-refractivity contribution >= 4 is 66.9 Å². The van der Waals surface area contributed by atoms with Crippen LogP contribution in [-0.2, 0) is 9.53 Å². The van der Waals surface area contributed by atoms with Gasteiger partial charge in [0.25, 0.3) is 0 Å². The zero-order chi connectivity index (χ0) is 22.4. The number of nitrogens with zero attached hydrogens (tertiary/aromatic N) is 2. The number of alkyl halides is 1. The molecule has 1 aliphatic carbocycles. The molecule has 1 fully saturated rings. The highest BCUT2D eigenvalue weighted by molar-refractivity contribution is 7.99. The van der Waals surface area contributed by atoms with E-state index in [9.17, 15) is 9.18 Å². The molecule has 0 bridgehead atoms.